The van der Waals surface area contributed by atoms with Crippen molar-refractivity contribution in [1.82, 2.24) is 14.9 Å². The van der Waals surface area contributed by atoms with Crippen LogP contribution in [-0.2, 0) is 14.3 Å². The van der Waals surface area contributed by atoms with Crippen LogP contribution in [0.1, 0.15) is 19.8 Å². The number of nitrogens with one attached hydrogen (secondary N) is 2. The number of halogens is 1. The maximum absolute atomic E-state index is 12.2. The molecule has 1 aliphatic heterocycles. The molecule has 1 amide bonds. The third-order valence-electron chi connectivity index (χ3n) is 5.75. The predicted molar refractivity (Wildman–Crippen MR) is 143 cm³/mol. The molecule has 0 spiro atoms. The van der Waals surface area contributed by atoms with Crippen molar-refractivity contribution in [2.45, 2.75) is 25.9 Å². The molecule has 0 atom stereocenters. The maximum Gasteiger partial charge on any atom is 0.320 e. The number of benzene rings is 2. The first-order valence-electron chi connectivity index (χ1n) is 11.7. The molecule has 9 nitrogen and oxygen atoms in total. The summed E-state index contributed by atoms with van der Waals surface area (Å²) in [5.74, 6) is 0.564. The molecule has 188 valence electrons. The number of amides is 1. The van der Waals surface area contributed by atoms with Crippen LogP contribution in [0.5, 0.6) is 5.75 Å². The molecule has 4 rings (SSSR count). The van der Waals surface area contributed by atoms with Gasteiger partial charge in [-0.2, -0.15) is 0 Å². The van der Waals surface area contributed by atoms with E-state index in [2.05, 4.69) is 48.0 Å². The van der Waals surface area contributed by atoms with E-state index in [1.807, 2.05) is 36.4 Å². The van der Waals surface area contributed by atoms with Crippen molar-refractivity contribution >= 4 is 55.9 Å². The van der Waals surface area contributed by atoms with Gasteiger partial charge in [-0.25, -0.2) is 9.97 Å². The minimum atomic E-state index is -0.346. The third-order valence-corrected chi connectivity index (χ3v) is 6.25. The molecular weight excluding hydrogens is 526 g/mol. The number of hydrogen-bond acceptors (Lipinski definition) is 8. The number of fused-ring (bicyclic) bond motifs is 1. The lowest BCUT2D eigenvalue weighted by Gasteiger charge is -2.31. The Balaban J connectivity index is 1.56. The molecule has 0 radical (unpaired) electrons. The second-order valence-electron chi connectivity index (χ2n) is 8.31. The summed E-state index contributed by atoms with van der Waals surface area (Å²) in [4.78, 5) is 34.9. The van der Waals surface area contributed by atoms with Crippen molar-refractivity contribution in [2.75, 3.05) is 36.9 Å². The Morgan fingerprint density at radius 1 is 1.22 bits per heavy atom. The molecule has 36 heavy (non-hydrogen) atoms. The number of likely N-dealkylation sites (tertiary alicyclic amines) is 1. The number of anilines is 3. The molecule has 2 heterocycles. The fraction of sp³-hybridized carbons (Fsp3) is 0.308. The van der Waals surface area contributed by atoms with E-state index in [1.165, 1.54) is 12.4 Å². The highest BCUT2D eigenvalue weighted by molar-refractivity contribution is 9.10. The number of aromatic nitrogens is 2. The van der Waals surface area contributed by atoms with Gasteiger partial charge in [0.15, 0.2) is 0 Å². The Bertz CT molecular complexity index is 1260. The SMILES string of the molecule is C=CC(=O)Nc1cc2c(Nc3cccc(Br)c3)ncnc2cc1OC1CCN(CC(=O)OCC)CC1. The average Bonchev–Trinajstić information content (AvgIpc) is 2.86. The van der Waals surface area contributed by atoms with Crippen LogP contribution in [0.15, 0.2) is 59.9 Å². The number of carbonyl (C=O) groups is 2. The molecule has 2 N–H and O–H groups in total. The number of ether oxygens (including phenoxy) is 2. The quantitative estimate of drug-likeness (QED) is 0.291. The molecule has 0 bridgehead atoms. The zero-order valence-electron chi connectivity index (χ0n) is 20.0. The van der Waals surface area contributed by atoms with Crippen LogP contribution in [0, 0.1) is 0 Å². The molecular formula is C26H28BrN5O4. The van der Waals surface area contributed by atoms with E-state index in [1.54, 1.807) is 6.92 Å². The van der Waals surface area contributed by atoms with E-state index in [-0.39, 0.29) is 24.5 Å². The lowest BCUT2D eigenvalue weighted by molar-refractivity contribution is -0.144. The van der Waals surface area contributed by atoms with Gasteiger partial charge in [-0.3, -0.25) is 14.5 Å². The van der Waals surface area contributed by atoms with Gasteiger partial charge in [0.1, 0.15) is 24.0 Å². The van der Waals surface area contributed by atoms with E-state index in [4.69, 9.17) is 9.47 Å². The van der Waals surface area contributed by atoms with Gasteiger partial charge in [0, 0.05) is 34.7 Å². The molecule has 0 saturated carbocycles. The Morgan fingerprint density at radius 2 is 2.03 bits per heavy atom. The number of nitrogens with zero attached hydrogens (tertiary/aromatic N) is 3. The Kier molecular flexibility index (Phi) is 8.50. The average molecular weight is 554 g/mol. The number of esters is 1. The second-order valence-corrected chi connectivity index (χ2v) is 9.23. The van der Waals surface area contributed by atoms with Gasteiger partial charge in [0.05, 0.1) is 24.4 Å². The zero-order valence-corrected chi connectivity index (χ0v) is 21.6. The number of carbonyl (C=O) groups excluding carboxylic acids is 2. The normalized spacial score (nSPS) is 14.3. The maximum atomic E-state index is 12.2. The van der Waals surface area contributed by atoms with E-state index in [9.17, 15) is 9.59 Å². The number of piperidine rings is 1. The highest BCUT2D eigenvalue weighted by atomic mass is 79.9. The molecule has 1 fully saturated rings. The van der Waals surface area contributed by atoms with E-state index in [0.29, 0.717) is 42.5 Å². The van der Waals surface area contributed by atoms with Crippen LogP contribution < -0.4 is 15.4 Å². The molecule has 0 unspecified atom stereocenters. The fourth-order valence-corrected chi connectivity index (χ4v) is 4.42. The van der Waals surface area contributed by atoms with Crippen molar-refractivity contribution in [3.63, 3.8) is 0 Å². The van der Waals surface area contributed by atoms with E-state index < -0.39 is 0 Å². The predicted octanol–water partition coefficient (Wildman–Crippen LogP) is 4.67. The van der Waals surface area contributed by atoms with Crippen LogP contribution >= 0.6 is 15.9 Å². The Hall–Kier alpha value is -3.50. The summed E-state index contributed by atoms with van der Waals surface area (Å²) in [7, 11) is 0. The van der Waals surface area contributed by atoms with Gasteiger partial charge in [0.2, 0.25) is 5.91 Å². The first-order valence-corrected chi connectivity index (χ1v) is 12.5. The summed E-state index contributed by atoms with van der Waals surface area (Å²) in [5.41, 5.74) is 2.04. The van der Waals surface area contributed by atoms with Crippen LogP contribution in [-0.4, -0.2) is 59.1 Å². The summed E-state index contributed by atoms with van der Waals surface area (Å²) in [5, 5.41) is 6.89. The minimum absolute atomic E-state index is 0.0682. The van der Waals surface area contributed by atoms with Crippen molar-refractivity contribution < 1.29 is 19.1 Å². The smallest absolute Gasteiger partial charge is 0.320 e. The van der Waals surface area contributed by atoms with Gasteiger partial charge in [-0.15, -0.1) is 0 Å². The molecule has 0 aliphatic carbocycles. The molecule has 3 aromatic rings. The van der Waals surface area contributed by atoms with Crippen LogP contribution in [0.4, 0.5) is 17.2 Å². The zero-order chi connectivity index (χ0) is 25.5. The second kappa shape index (κ2) is 12.0. The van der Waals surface area contributed by atoms with Crippen LogP contribution in [0.3, 0.4) is 0 Å². The highest BCUT2D eigenvalue weighted by Gasteiger charge is 2.24. The van der Waals surface area contributed by atoms with Crippen molar-refractivity contribution in [3.8, 4) is 5.75 Å². The first-order chi connectivity index (χ1) is 17.4. The summed E-state index contributed by atoms with van der Waals surface area (Å²) < 4.78 is 12.3. The number of rotatable bonds is 9. The molecule has 1 aliphatic rings. The highest BCUT2D eigenvalue weighted by Crippen LogP contribution is 2.35. The molecule has 2 aromatic carbocycles. The fourth-order valence-electron chi connectivity index (χ4n) is 4.02. The topological polar surface area (TPSA) is 106 Å². The number of hydrogen-bond donors (Lipinski definition) is 2. The molecule has 1 aromatic heterocycles. The minimum Gasteiger partial charge on any atom is -0.488 e. The third kappa shape index (κ3) is 6.58. The molecule has 10 heteroatoms. The standard InChI is InChI=1S/C26H28BrN5O4/c1-3-24(33)31-22-13-20-21(28-16-29-26(20)30-18-7-5-6-17(27)12-18)14-23(22)36-19-8-10-32(11-9-19)15-25(34)35-4-2/h3,5-7,12-14,16,19H,1,4,8-11,15H2,2H3,(H,31,33)(H,28,29,30). The van der Waals surface area contributed by atoms with E-state index >= 15 is 0 Å². The summed E-state index contributed by atoms with van der Waals surface area (Å²) >= 11 is 3.48. The summed E-state index contributed by atoms with van der Waals surface area (Å²) in [6, 6.07) is 11.4. The lowest BCUT2D eigenvalue weighted by atomic mass is 10.1. The van der Waals surface area contributed by atoms with Crippen molar-refractivity contribution in [3.05, 3.63) is 59.9 Å². The largest absolute Gasteiger partial charge is 0.488 e. The van der Waals surface area contributed by atoms with Crippen molar-refractivity contribution in [2.24, 2.45) is 0 Å². The van der Waals surface area contributed by atoms with Gasteiger partial charge >= 0.3 is 5.97 Å². The van der Waals surface area contributed by atoms with Gasteiger partial charge < -0.3 is 20.1 Å². The Morgan fingerprint density at radius 3 is 2.75 bits per heavy atom. The van der Waals surface area contributed by atoms with Gasteiger partial charge in [-0.1, -0.05) is 28.6 Å². The van der Waals surface area contributed by atoms with Crippen LogP contribution in [0.25, 0.3) is 10.9 Å². The van der Waals surface area contributed by atoms with Gasteiger partial charge in [0.25, 0.3) is 0 Å². The monoisotopic (exact) mass is 553 g/mol. The van der Waals surface area contributed by atoms with Crippen molar-refractivity contribution in [1.29, 1.82) is 0 Å². The lowest BCUT2D eigenvalue weighted by Crippen LogP contribution is -2.41. The Labute approximate surface area is 218 Å². The summed E-state index contributed by atoms with van der Waals surface area (Å²) in [6.45, 7) is 7.45. The van der Waals surface area contributed by atoms with Gasteiger partial charge in [-0.05, 0) is 50.1 Å². The summed E-state index contributed by atoms with van der Waals surface area (Å²) in [6.07, 6.45) is 4.12. The first kappa shape index (κ1) is 25.6. The molecule has 1 saturated heterocycles. The van der Waals surface area contributed by atoms with Crippen LogP contribution in [0.2, 0.25) is 0 Å². The van der Waals surface area contributed by atoms with E-state index in [0.717, 1.165) is 28.4 Å².